The van der Waals surface area contributed by atoms with Gasteiger partial charge in [-0.3, -0.25) is 0 Å². The molecule has 0 amide bonds. The summed E-state index contributed by atoms with van der Waals surface area (Å²) in [6.45, 7) is 3.47. The Morgan fingerprint density at radius 2 is 1.82 bits per heavy atom. The first kappa shape index (κ1) is 13.7. The highest BCUT2D eigenvalue weighted by Crippen LogP contribution is 2.25. The Kier molecular flexibility index (Phi) is 10.3. The number of aliphatic hydroxyl groups is 1. The molecule has 0 aliphatic rings. The fourth-order valence-corrected chi connectivity index (χ4v) is 0.408. The van der Waals surface area contributed by atoms with Crippen LogP contribution in [0.2, 0.25) is 0 Å². The summed E-state index contributed by atoms with van der Waals surface area (Å²) in [7, 11) is -4.64. The van der Waals surface area contributed by atoms with Crippen molar-refractivity contribution in [2.45, 2.75) is 0 Å². The summed E-state index contributed by atoms with van der Waals surface area (Å²) in [5.74, 6) is 1.04. The predicted molar refractivity (Wildman–Crippen MR) is 44.0 cm³/mol. The summed E-state index contributed by atoms with van der Waals surface area (Å²) in [5, 5.41) is 8.11. The molecule has 0 radical (unpaired) electrons. The molecule has 5 nitrogen and oxygen atoms in total. The van der Waals surface area contributed by atoms with E-state index in [2.05, 4.69) is 6.58 Å². The van der Waals surface area contributed by atoms with Gasteiger partial charge in [0.25, 0.3) is 0 Å². The lowest BCUT2D eigenvalue weighted by Gasteiger charge is -1.82. The van der Waals surface area contributed by atoms with E-state index in [9.17, 15) is 0 Å². The number of aliphatic hydroxyl groups excluding tert-OH is 1. The van der Waals surface area contributed by atoms with Crippen LogP contribution in [-0.2, 0) is 4.57 Å². The monoisotopic (exact) mass is 202 g/mol. The Labute approximate surface area is 69.0 Å². The molecule has 0 rings (SSSR count). The maximum absolute atomic E-state index is 8.88. The van der Waals surface area contributed by atoms with Gasteiger partial charge in [-0.05, 0) is 0 Å². The zero-order valence-corrected chi connectivity index (χ0v) is 7.46. The van der Waals surface area contributed by atoms with Crippen LogP contribution >= 0.6 is 19.6 Å². The van der Waals surface area contributed by atoms with E-state index >= 15 is 0 Å². The Hall–Kier alpha value is 0.160. The first-order valence-electron chi connectivity index (χ1n) is 2.49. The van der Waals surface area contributed by atoms with Crippen LogP contribution in [-0.4, -0.2) is 31.5 Å². The molecule has 0 heterocycles. The van der Waals surface area contributed by atoms with Crippen molar-refractivity contribution in [3.63, 3.8) is 0 Å². The first-order valence-corrected chi connectivity index (χ1v) is 5.21. The smallest absolute Gasteiger partial charge is 0.386 e. The molecule has 0 fully saturated rings. The van der Waals surface area contributed by atoms with Gasteiger partial charge in [0.1, 0.15) is 0 Å². The van der Waals surface area contributed by atoms with Crippen LogP contribution in [0.5, 0.6) is 0 Å². The molecule has 0 aromatic rings. The van der Waals surface area contributed by atoms with Crippen molar-refractivity contribution < 1.29 is 24.4 Å². The Balaban J connectivity index is 0. The van der Waals surface area contributed by atoms with Gasteiger partial charge in [-0.15, -0.1) is 18.3 Å². The lowest BCUT2D eigenvalue weighted by molar-refractivity contribution is 0.275. The van der Waals surface area contributed by atoms with E-state index in [0.29, 0.717) is 0 Å². The average molecular weight is 202 g/mol. The van der Waals surface area contributed by atoms with E-state index in [1.807, 2.05) is 0 Å². The zero-order valence-electron chi connectivity index (χ0n) is 5.75. The second kappa shape index (κ2) is 8.26. The molecule has 0 spiro atoms. The highest BCUT2D eigenvalue weighted by Gasteiger charge is 2.00. The van der Waals surface area contributed by atoms with Crippen LogP contribution < -0.4 is 0 Å². The van der Waals surface area contributed by atoms with E-state index in [4.69, 9.17) is 24.4 Å². The minimum atomic E-state index is -4.64. The molecule has 0 aliphatic carbocycles. The number of phosphoric acid groups is 1. The molecule has 0 aliphatic heterocycles. The number of rotatable bonds is 3. The van der Waals surface area contributed by atoms with E-state index in [0.717, 1.165) is 5.75 Å². The van der Waals surface area contributed by atoms with Crippen molar-refractivity contribution in [3.8, 4) is 0 Å². The molecule has 0 aromatic carbocycles. The molecule has 0 aromatic heterocycles. The van der Waals surface area contributed by atoms with Gasteiger partial charge in [-0.1, -0.05) is 6.08 Å². The number of hydrogen-bond donors (Lipinski definition) is 4. The normalized spacial score (nSPS) is 9.82. The molecule has 4 N–H and O–H groups in total. The Morgan fingerprint density at radius 3 is 1.91 bits per heavy atom. The molecular weight excluding hydrogens is 191 g/mol. The van der Waals surface area contributed by atoms with Gasteiger partial charge in [0.15, 0.2) is 0 Å². The third-order valence-corrected chi connectivity index (χ3v) is 0.981. The highest BCUT2D eigenvalue weighted by atomic mass is 32.2. The van der Waals surface area contributed by atoms with Gasteiger partial charge >= 0.3 is 7.82 Å². The maximum atomic E-state index is 8.88. The Morgan fingerprint density at radius 1 is 1.45 bits per heavy atom. The molecule has 7 heteroatoms. The van der Waals surface area contributed by atoms with Crippen LogP contribution in [0.4, 0.5) is 0 Å². The zero-order chi connectivity index (χ0) is 9.33. The molecular formula is C4H11O5PS. The maximum Gasteiger partial charge on any atom is 0.466 e. The van der Waals surface area contributed by atoms with Crippen LogP contribution in [0.25, 0.3) is 0 Å². The highest BCUT2D eigenvalue weighted by molar-refractivity contribution is 7.99. The molecule has 0 unspecified atom stereocenters. The fourth-order valence-electron chi connectivity index (χ4n) is 0.136. The van der Waals surface area contributed by atoms with Crippen LogP contribution in [0.15, 0.2) is 12.7 Å². The van der Waals surface area contributed by atoms with Gasteiger partial charge in [0.2, 0.25) is 0 Å². The van der Waals surface area contributed by atoms with Crippen molar-refractivity contribution in [3.05, 3.63) is 12.7 Å². The molecule has 0 atom stereocenters. The number of thioether (sulfide) groups is 1. The SMILES string of the molecule is C=CCSCO.O=P(O)(O)O. The largest absolute Gasteiger partial charge is 0.466 e. The van der Waals surface area contributed by atoms with Crippen LogP contribution in [0, 0.1) is 0 Å². The molecule has 0 saturated heterocycles. The summed E-state index contributed by atoms with van der Waals surface area (Å²) in [4.78, 5) is 21.6. The topological polar surface area (TPSA) is 98.0 Å². The second-order valence-electron chi connectivity index (χ2n) is 1.30. The lowest BCUT2D eigenvalue weighted by atomic mass is 10.8. The number of hydrogen-bond acceptors (Lipinski definition) is 3. The van der Waals surface area contributed by atoms with Crippen molar-refractivity contribution in [2.24, 2.45) is 0 Å². The standard InChI is InChI=1S/C4H8OS.H3O4P/c1-2-3-6-4-5;1-5(2,3)4/h2,5H,1,3-4H2;(H3,1,2,3,4). The summed E-state index contributed by atoms with van der Waals surface area (Å²) >= 11 is 1.45. The summed E-state index contributed by atoms with van der Waals surface area (Å²) < 4.78 is 8.88. The summed E-state index contributed by atoms with van der Waals surface area (Å²) in [6, 6.07) is 0. The van der Waals surface area contributed by atoms with E-state index in [1.54, 1.807) is 6.08 Å². The minimum absolute atomic E-state index is 0.200. The van der Waals surface area contributed by atoms with Crippen molar-refractivity contribution in [2.75, 3.05) is 11.7 Å². The van der Waals surface area contributed by atoms with Gasteiger partial charge in [0, 0.05) is 5.75 Å². The molecule has 0 saturated carbocycles. The summed E-state index contributed by atoms with van der Waals surface area (Å²) in [6.07, 6.45) is 1.76. The van der Waals surface area contributed by atoms with Crippen molar-refractivity contribution in [1.29, 1.82) is 0 Å². The van der Waals surface area contributed by atoms with Gasteiger partial charge in [-0.2, -0.15) is 0 Å². The lowest BCUT2D eigenvalue weighted by Crippen LogP contribution is -1.71. The molecule has 11 heavy (non-hydrogen) atoms. The minimum Gasteiger partial charge on any atom is -0.386 e. The fraction of sp³-hybridized carbons (Fsp3) is 0.500. The van der Waals surface area contributed by atoms with Crippen LogP contribution in [0.3, 0.4) is 0 Å². The Bertz CT molecular complexity index is 124. The van der Waals surface area contributed by atoms with Crippen molar-refractivity contribution in [1.82, 2.24) is 0 Å². The third kappa shape index (κ3) is 67.7. The quantitative estimate of drug-likeness (QED) is 0.221. The average Bonchev–Trinajstić information content (AvgIpc) is 1.79. The van der Waals surface area contributed by atoms with Gasteiger partial charge < -0.3 is 19.8 Å². The second-order valence-corrected chi connectivity index (χ2v) is 3.33. The van der Waals surface area contributed by atoms with E-state index in [-0.39, 0.29) is 5.94 Å². The van der Waals surface area contributed by atoms with Crippen LogP contribution in [0.1, 0.15) is 0 Å². The van der Waals surface area contributed by atoms with E-state index in [1.165, 1.54) is 11.8 Å². The summed E-state index contributed by atoms with van der Waals surface area (Å²) in [5.41, 5.74) is 0. The van der Waals surface area contributed by atoms with Gasteiger partial charge in [0.05, 0.1) is 5.94 Å². The third-order valence-electron chi connectivity index (χ3n) is 0.327. The van der Waals surface area contributed by atoms with E-state index < -0.39 is 7.82 Å². The first-order chi connectivity index (χ1) is 4.91. The van der Waals surface area contributed by atoms with Crippen molar-refractivity contribution >= 4 is 19.6 Å². The van der Waals surface area contributed by atoms with Gasteiger partial charge in [-0.25, -0.2) is 4.57 Å². The predicted octanol–water partition coefficient (Wildman–Crippen LogP) is -0.0732. The molecule has 0 bridgehead atoms. The molecule has 68 valence electrons.